The predicted octanol–water partition coefficient (Wildman–Crippen LogP) is 9.04. The number of carbonyl (C=O) groups is 12. The van der Waals surface area contributed by atoms with Gasteiger partial charge >= 0.3 is 30.1 Å². The fourth-order valence-corrected chi connectivity index (χ4v) is 12.3. The SMILES string of the molecule is CCCCOC(=O)COCNC(=O)CNC(=O)[C@H](Cc1ccccc1)NC(=O)OCC1c2ccccc2-c2ccccc21.CCN(C(C)C)C(C)C.CN(C)C=O.NCC(=O)CCOCC(=O)OCc1ccccc1.O=C(CNC(=O)[C@H](Cc1ccccc1)NC(=O)OCC1c2ccccc2-c2ccccc21)ON1C(=O)CCC1=O. The molecule has 0 radical (unpaired) electrons. The van der Waals surface area contributed by atoms with Crippen molar-refractivity contribution < 1.29 is 90.8 Å². The minimum Gasteiger partial charge on any atom is -0.464 e. The summed E-state index contributed by atoms with van der Waals surface area (Å²) in [7, 11) is 3.38. The number of hydrogen-bond acceptors (Lipinski definition) is 21. The molecular formula is C87H107N9O19. The zero-order chi connectivity index (χ0) is 83.4. The lowest BCUT2D eigenvalue weighted by atomic mass is 9.98. The molecule has 1 saturated heterocycles. The monoisotopic (exact) mass is 1580 g/mol. The highest BCUT2D eigenvalue weighted by molar-refractivity contribution is 6.02. The standard InChI is InChI=1S/C33H37N3O7.C30H27N3O7.C13H17NO4.C8H19N.C3H7NO/c1-2-3-17-42-31(38)21-41-22-35-30(37)19-34-32(39)29(18-23-11-5-4-6-12-23)36-33(40)43-20-28-26-15-9-7-13-24(26)25-14-8-10-16-27(25)28;34-26-14-15-27(35)33(26)40-28(36)17-31-29(37)25(16-19-8-2-1-3-9-19)32-30(38)39-18-24-22-12-6-4-10-20(22)21-11-5-7-13-23(21)24;14-8-12(15)6-7-17-10-13(16)18-9-11-4-2-1-3-5-11;1-6-9(7(2)3)8(4)5;1-4(2)3-5/h4-16,28-29H,2-3,17-22H2,1H3,(H,34,39)(H,35,37)(H,36,40);1-13,24-25H,14-18H2,(H,31,37)(H,32,38);1-5H,6-10,14H2;7-8H,6H2,1-5H3;3H,1-2H3/t29-;25-;;;/m00.../s1. The number of nitrogens with zero attached hydrogens (tertiary/aromatic N) is 3. The summed E-state index contributed by atoms with van der Waals surface area (Å²) in [5.74, 6) is -5.28. The van der Waals surface area contributed by atoms with E-state index in [-0.39, 0.29) is 109 Å². The molecule has 614 valence electrons. The Morgan fingerprint density at radius 2 is 0.904 bits per heavy atom. The van der Waals surface area contributed by atoms with Crippen LogP contribution in [0.4, 0.5) is 9.59 Å². The topological polar surface area (TPSA) is 365 Å². The Kier molecular flexibility index (Phi) is 40.1. The van der Waals surface area contributed by atoms with E-state index < -0.39 is 78.3 Å². The van der Waals surface area contributed by atoms with Gasteiger partial charge in [-0.3, -0.25) is 38.5 Å². The maximum Gasteiger partial charge on any atom is 0.407 e. The number of ketones is 1. The van der Waals surface area contributed by atoms with Crippen LogP contribution in [0.5, 0.6) is 0 Å². The van der Waals surface area contributed by atoms with E-state index >= 15 is 0 Å². The van der Waals surface area contributed by atoms with Crippen LogP contribution in [0.1, 0.15) is 124 Å². The van der Waals surface area contributed by atoms with Gasteiger partial charge in [0.2, 0.25) is 24.1 Å². The predicted molar refractivity (Wildman–Crippen MR) is 430 cm³/mol. The molecule has 2 atom stereocenters. The molecule has 28 heteroatoms. The average Bonchev–Trinajstić information content (AvgIpc) is 1.62. The summed E-state index contributed by atoms with van der Waals surface area (Å²) in [6, 6.07) is 58.9. The lowest BCUT2D eigenvalue weighted by Crippen LogP contribution is -2.50. The molecule has 28 nitrogen and oxygen atoms in total. The van der Waals surface area contributed by atoms with E-state index in [4.69, 9.17) is 39.0 Å². The van der Waals surface area contributed by atoms with Crippen molar-refractivity contribution in [1.82, 2.24) is 41.4 Å². The molecule has 0 saturated carbocycles. The molecule has 1 heterocycles. The summed E-state index contributed by atoms with van der Waals surface area (Å²) in [6.45, 7) is 13.6. The molecule has 7 aromatic rings. The minimum atomic E-state index is -1.07. The molecule has 2 aliphatic carbocycles. The van der Waals surface area contributed by atoms with Crippen molar-refractivity contribution in [3.63, 3.8) is 0 Å². The zero-order valence-corrected chi connectivity index (χ0v) is 66.6. The highest BCUT2D eigenvalue weighted by Crippen LogP contribution is 2.46. The van der Waals surface area contributed by atoms with E-state index in [1.165, 1.54) is 4.90 Å². The molecule has 0 spiro atoms. The van der Waals surface area contributed by atoms with Gasteiger partial charge in [-0.2, -0.15) is 0 Å². The van der Waals surface area contributed by atoms with E-state index in [0.717, 1.165) is 87.0 Å². The number of hydroxylamine groups is 2. The minimum absolute atomic E-state index is 0.00180. The number of alkyl carbamates (subject to hydrolysis) is 2. The van der Waals surface area contributed by atoms with Crippen LogP contribution in [0, 0.1) is 0 Å². The van der Waals surface area contributed by atoms with Crippen molar-refractivity contribution in [2.45, 2.75) is 129 Å². The summed E-state index contributed by atoms with van der Waals surface area (Å²) in [4.78, 5) is 151. The smallest absolute Gasteiger partial charge is 0.407 e. The Balaban J connectivity index is 0.000000261. The molecule has 3 aliphatic rings. The Bertz CT molecular complexity index is 4170. The third-order valence-corrected chi connectivity index (χ3v) is 18.0. The van der Waals surface area contributed by atoms with Crippen molar-refractivity contribution in [1.29, 1.82) is 0 Å². The molecule has 0 unspecified atom stereocenters. The summed E-state index contributed by atoms with van der Waals surface area (Å²) in [5.41, 5.74) is 16.4. The van der Waals surface area contributed by atoms with Gasteiger partial charge in [-0.05, 0) is 102 Å². The number of unbranched alkanes of at least 4 members (excludes halogenated alkanes) is 1. The van der Waals surface area contributed by atoms with Crippen LogP contribution >= 0.6 is 0 Å². The quantitative estimate of drug-likeness (QED) is 0.00532. The second-order valence-corrected chi connectivity index (χ2v) is 27.4. The summed E-state index contributed by atoms with van der Waals surface area (Å²) in [6.07, 6.45) is 1.38. The molecule has 115 heavy (non-hydrogen) atoms. The van der Waals surface area contributed by atoms with Gasteiger partial charge < -0.3 is 70.5 Å². The van der Waals surface area contributed by atoms with Gasteiger partial charge in [0.05, 0.1) is 26.3 Å². The second-order valence-electron chi connectivity index (χ2n) is 27.4. The Labute approximate surface area is 671 Å². The third-order valence-electron chi connectivity index (χ3n) is 18.0. The molecule has 0 aromatic heterocycles. The number of nitrogens with one attached hydrogen (secondary N) is 5. The number of fused-ring (bicyclic) bond motifs is 6. The fraction of sp³-hybridized carbons (Fsp3) is 0.379. The molecule has 7 N–H and O–H groups in total. The maximum absolute atomic E-state index is 13.1. The number of hydrogen-bond donors (Lipinski definition) is 6. The van der Waals surface area contributed by atoms with Crippen LogP contribution in [0.25, 0.3) is 22.3 Å². The number of Topliss-reactive ketones (excluding diaryl/α,β-unsaturated/α-hetero) is 1. The zero-order valence-electron chi connectivity index (χ0n) is 66.6. The van der Waals surface area contributed by atoms with Gasteiger partial charge in [-0.25, -0.2) is 24.0 Å². The number of imide groups is 1. The number of nitrogens with two attached hydrogens (primary N) is 1. The van der Waals surface area contributed by atoms with Crippen molar-refractivity contribution in [2.24, 2.45) is 5.73 Å². The highest BCUT2D eigenvalue weighted by atomic mass is 16.7. The number of ether oxygens (including phenoxy) is 6. The van der Waals surface area contributed by atoms with Crippen molar-refractivity contribution >= 4 is 71.8 Å². The number of carbonyl (C=O) groups excluding carboxylic acids is 12. The first kappa shape index (κ1) is 91.9. The van der Waals surface area contributed by atoms with Crippen molar-refractivity contribution in [3.05, 3.63) is 227 Å². The molecule has 1 fully saturated rings. The first-order chi connectivity index (χ1) is 55.4. The Morgan fingerprint density at radius 3 is 1.30 bits per heavy atom. The Morgan fingerprint density at radius 1 is 0.504 bits per heavy atom. The van der Waals surface area contributed by atoms with E-state index in [2.05, 4.69) is 78.2 Å². The Hall–Kier alpha value is -12.0. The van der Waals surface area contributed by atoms with Crippen LogP contribution < -0.4 is 32.3 Å². The highest BCUT2D eigenvalue weighted by Gasteiger charge is 2.35. The number of benzene rings is 7. The summed E-state index contributed by atoms with van der Waals surface area (Å²) < 4.78 is 31.3. The van der Waals surface area contributed by atoms with Crippen molar-refractivity contribution in [3.8, 4) is 22.3 Å². The molecule has 0 bridgehead atoms. The van der Waals surface area contributed by atoms with E-state index in [1.54, 1.807) is 38.4 Å². The van der Waals surface area contributed by atoms with E-state index in [9.17, 15) is 57.5 Å². The largest absolute Gasteiger partial charge is 0.464 e. The first-order valence-corrected chi connectivity index (χ1v) is 38.2. The summed E-state index contributed by atoms with van der Waals surface area (Å²) >= 11 is 0. The fourth-order valence-electron chi connectivity index (χ4n) is 12.3. The van der Waals surface area contributed by atoms with Crippen LogP contribution in [-0.2, 0) is 101 Å². The van der Waals surface area contributed by atoms with E-state index in [1.807, 2.05) is 159 Å². The van der Waals surface area contributed by atoms with Crippen LogP contribution in [-0.4, -0.2) is 198 Å². The van der Waals surface area contributed by atoms with Gasteiger partial charge in [0.25, 0.3) is 11.8 Å². The van der Waals surface area contributed by atoms with Gasteiger partial charge in [0.15, 0.2) is 0 Å². The lowest BCUT2D eigenvalue weighted by Gasteiger charge is -2.28. The lowest BCUT2D eigenvalue weighted by molar-refractivity contribution is -0.196. The van der Waals surface area contributed by atoms with Crippen LogP contribution in [0.15, 0.2) is 188 Å². The normalized spacial score (nSPS) is 12.6. The summed E-state index contributed by atoms with van der Waals surface area (Å²) in [5, 5.41) is 13.1. The maximum atomic E-state index is 13.1. The molecule has 8 amide bonds. The second kappa shape index (κ2) is 50.2. The van der Waals surface area contributed by atoms with Crippen molar-refractivity contribution in [2.75, 3.05) is 86.6 Å². The third kappa shape index (κ3) is 31.8. The molecular weight excluding hydrogens is 1480 g/mol. The van der Waals surface area contributed by atoms with Gasteiger partial charge in [-0.1, -0.05) is 208 Å². The molecule has 1 aliphatic heterocycles. The number of rotatable bonds is 36. The molecule has 7 aromatic carbocycles. The number of amides is 8. The average molecular weight is 1580 g/mol. The first-order valence-electron chi connectivity index (χ1n) is 38.2. The van der Waals surface area contributed by atoms with E-state index in [0.29, 0.717) is 23.8 Å². The van der Waals surface area contributed by atoms with Gasteiger partial charge in [0, 0.05) is 70.1 Å². The van der Waals surface area contributed by atoms with Crippen LogP contribution in [0.2, 0.25) is 0 Å². The van der Waals surface area contributed by atoms with Crippen LogP contribution in [0.3, 0.4) is 0 Å². The molecule has 10 rings (SSSR count). The van der Waals surface area contributed by atoms with Gasteiger partial charge in [0.1, 0.15) is 64.2 Å². The number of esters is 2. The van der Waals surface area contributed by atoms with Gasteiger partial charge in [-0.15, -0.1) is 5.06 Å².